The highest BCUT2D eigenvalue weighted by molar-refractivity contribution is 7.85. The Morgan fingerprint density at radius 1 is 1.07 bits per heavy atom. The average Bonchev–Trinajstić information content (AvgIpc) is 2.49. The van der Waals surface area contributed by atoms with E-state index < -0.39 is 40.6 Å². The Kier molecular flexibility index (Phi) is 9.40. The lowest BCUT2D eigenvalue weighted by atomic mass is 9.87. The molecule has 0 bridgehead atoms. The van der Waals surface area contributed by atoms with Crippen molar-refractivity contribution in [2.24, 2.45) is 11.1 Å². The molecule has 0 aromatic carbocycles. The van der Waals surface area contributed by atoms with Gasteiger partial charge < -0.3 is 15.5 Å². The molecule has 0 aliphatic carbocycles. The molecule has 0 aromatic rings. The summed E-state index contributed by atoms with van der Waals surface area (Å²) in [6.45, 7) is 7.00. The van der Waals surface area contributed by atoms with Gasteiger partial charge in [0.1, 0.15) is 12.1 Å². The van der Waals surface area contributed by atoms with Gasteiger partial charge in [0.05, 0.1) is 12.9 Å². The molecule has 0 heterocycles. The van der Waals surface area contributed by atoms with Crippen molar-refractivity contribution in [1.82, 2.24) is 9.80 Å². The second kappa shape index (κ2) is 10.0. The van der Waals surface area contributed by atoms with Crippen molar-refractivity contribution in [3.05, 3.63) is 0 Å². The van der Waals surface area contributed by atoms with Gasteiger partial charge in [0, 0.05) is 20.5 Å². The number of likely N-dealkylation sites (N-methyl/N-ethyl adjacent to an activating group) is 2. The Hall–Kier alpha value is -1.68. The predicted octanol–water partition coefficient (Wildman–Crippen LogP) is 0.338. The highest BCUT2D eigenvalue weighted by Crippen LogP contribution is 2.24. The van der Waals surface area contributed by atoms with Crippen LogP contribution in [0.1, 0.15) is 47.0 Å². The molecule has 0 aliphatic heterocycles. The summed E-state index contributed by atoms with van der Waals surface area (Å²) in [5.74, 6) is -1.61. The van der Waals surface area contributed by atoms with Crippen molar-refractivity contribution in [2.75, 3.05) is 27.0 Å². The lowest BCUT2D eigenvalue weighted by molar-refractivity contribution is -0.148. The molecule has 0 aliphatic rings. The average molecular weight is 408 g/mol. The molecule has 158 valence electrons. The summed E-state index contributed by atoms with van der Waals surface area (Å²) in [6, 6.07) is -2.08. The number of nitrogens with two attached hydrogens (primary N) is 1. The zero-order valence-corrected chi connectivity index (χ0v) is 18.1. The maximum atomic E-state index is 13.0. The number of hydrogen-bond donors (Lipinski definition) is 1. The van der Waals surface area contributed by atoms with Crippen LogP contribution in [0.5, 0.6) is 0 Å². The Labute approximate surface area is 162 Å². The van der Waals surface area contributed by atoms with Crippen LogP contribution in [-0.4, -0.2) is 75.0 Å². The van der Waals surface area contributed by atoms with Gasteiger partial charge in [0.25, 0.3) is 10.1 Å². The second-order valence-electron chi connectivity index (χ2n) is 7.89. The van der Waals surface area contributed by atoms with Crippen molar-refractivity contribution in [2.45, 2.75) is 59.0 Å². The number of amides is 3. The van der Waals surface area contributed by atoms with Crippen molar-refractivity contribution in [1.29, 1.82) is 0 Å². The summed E-state index contributed by atoms with van der Waals surface area (Å²) in [5, 5.41) is 0. The minimum Gasteiger partial charge on any atom is -0.368 e. The molecule has 10 heteroatoms. The third-order valence-electron chi connectivity index (χ3n) is 4.00. The Morgan fingerprint density at radius 2 is 1.59 bits per heavy atom. The Morgan fingerprint density at radius 3 is 1.96 bits per heavy atom. The summed E-state index contributed by atoms with van der Waals surface area (Å²) in [4.78, 5) is 39.4. The van der Waals surface area contributed by atoms with E-state index in [2.05, 4.69) is 0 Å². The van der Waals surface area contributed by atoms with Crippen LogP contribution in [0.4, 0.5) is 0 Å². The summed E-state index contributed by atoms with van der Waals surface area (Å²) < 4.78 is 27.5. The molecular weight excluding hydrogens is 374 g/mol. The molecule has 0 radical (unpaired) electrons. The molecule has 0 fully saturated rings. The van der Waals surface area contributed by atoms with Crippen LogP contribution >= 0.6 is 0 Å². The lowest BCUT2D eigenvalue weighted by Gasteiger charge is -2.35. The van der Waals surface area contributed by atoms with Crippen molar-refractivity contribution < 1.29 is 27.0 Å². The van der Waals surface area contributed by atoms with Gasteiger partial charge in [-0.05, 0) is 18.3 Å². The summed E-state index contributed by atoms with van der Waals surface area (Å²) >= 11 is 0. The van der Waals surface area contributed by atoms with E-state index in [9.17, 15) is 22.8 Å². The van der Waals surface area contributed by atoms with E-state index in [0.29, 0.717) is 12.8 Å². The minimum absolute atomic E-state index is 0.199. The van der Waals surface area contributed by atoms with Crippen molar-refractivity contribution >= 4 is 27.8 Å². The first-order valence-corrected chi connectivity index (χ1v) is 10.6. The molecule has 0 saturated carbocycles. The molecule has 27 heavy (non-hydrogen) atoms. The van der Waals surface area contributed by atoms with E-state index in [1.165, 1.54) is 19.0 Å². The normalized spacial score (nSPS) is 14.3. The Bertz CT molecular complexity index is 642. The molecule has 9 nitrogen and oxygen atoms in total. The lowest BCUT2D eigenvalue weighted by Crippen LogP contribution is -2.56. The van der Waals surface area contributed by atoms with Crippen LogP contribution in [0.15, 0.2) is 0 Å². The fraction of sp³-hybridized carbons (Fsp3) is 0.824. The number of nitrogens with zero attached hydrogens (tertiary/aromatic N) is 2. The van der Waals surface area contributed by atoms with Gasteiger partial charge in [0.15, 0.2) is 0 Å². The van der Waals surface area contributed by atoms with Gasteiger partial charge in [-0.15, -0.1) is 0 Å². The van der Waals surface area contributed by atoms with E-state index in [4.69, 9.17) is 9.92 Å². The number of carbonyl (C=O) groups excluding carboxylic acids is 3. The predicted molar refractivity (Wildman–Crippen MR) is 102 cm³/mol. The van der Waals surface area contributed by atoms with E-state index in [1.54, 1.807) is 0 Å². The van der Waals surface area contributed by atoms with Crippen molar-refractivity contribution in [3.8, 4) is 0 Å². The molecule has 0 aromatic heterocycles. The molecule has 0 spiro atoms. The van der Waals surface area contributed by atoms with Gasteiger partial charge in [-0.2, -0.15) is 8.42 Å². The first-order valence-electron chi connectivity index (χ1n) is 8.76. The van der Waals surface area contributed by atoms with E-state index in [0.717, 1.165) is 11.2 Å². The molecule has 0 saturated heterocycles. The van der Waals surface area contributed by atoms with Crippen LogP contribution in [0, 0.1) is 5.41 Å². The Balaban J connectivity index is 5.68. The monoisotopic (exact) mass is 407 g/mol. The molecule has 2 N–H and O–H groups in total. The topological polar surface area (TPSA) is 127 Å². The van der Waals surface area contributed by atoms with Crippen molar-refractivity contribution in [3.63, 3.8) is 0 Å². The third-order valence-corrected chi connectivity index (χ3v) is 4.56. The molecule has 2 atom stereocenters. The largest absolute Gasteiger partial charge is 0.368 e. The molecule has 1 unspecified atom stereocenters. The van der Waals surface area contributed by atoms with Gasteiger partial charge in [0.2, 0.25) is 17.7 Å². The second-order valence-corrected chi connectivity index (χ2v) is 9.54. The van der Waals surface area contributed by atoms with E-state index in [-0.39, 0.29) is 17.7 Å². The van der Waals surface area contributed by atoms with Crippen LogP contribution in [0.25, 0.3) is 0 Å². The van der Waals surface area contributed by atoms with E-state index in [1.807, 2.05) is 27.7 Å². The van der Waals surface area contributed by atoms with Gasteiger partial charge in [-0.3, -0.25) is 18.6 Å². The summed E-state index contributed by atoms with van der Waals surface area (Å²) in [5.41, 5.74) is 5.19. The fourth-order valence-corrected chi connectivity index (χ4v) is 2.87. The van der Waals surface area contributed by atoms with Gasteiger partial charge in [-0.25, -0.2) is 0 Å². The van der Waals surface area contributed by atoms with Crippen LogP contribution in [-0.2, 0) is 28.7 Å². The third kappa shape index (κ3) is 9.18. The highest BCUT2D eigenvalue weighted by Gasteiger charge is 2.36. The minimum atomic E-state index is -3.82. The zero-order chi connectivity index (χ0) is 21.6. The zero-order valence-electron chi connectivity index (χ0n) is 17.3. The first kappa shape index (κ1) is 25.3. The van der Waals surface area contributed by atoms with Gasteiger partial charge >= 0.3 is 0 Å². The van der Waals surface area contributed by atoms with Crippen LogP contribution in [0.2, 0.25) is 0 Å². The summed E-state index contributed by atoms with van der Waals surface area (Å²) in [6.07, 6.45) is 1.94. The number of hydrogen-bond acceptors (Lipinski definition) is 6. The first-order chi connectivity index (χ1) is 12.1. The molecular formula is C17H33N3O6S. The highest BCUT2D eigenvalue weighted by atomic mass is 32.2. The van der Waals surface area contributed by atoms with Crippen LogP contribution < -0.4 is 5.73 Å². The molecule has 0 rings (SSSR count). The number of rotatable bonds is 10. The van der Waals surface area contributed by atoms with Gasteiger partial charge in [-0.1, -0.05) is 27.7 Å². The fourth-order valence-electron chi connectivity index (χ4n) is 2.50. The molecule has 3 amide bonds. The number of primary amides is 1. The smallest absolute Gasteiger partial charge is 0.264 e. The maximum Gasteiger partial charge on any atom is 0.264 e. The van der Waals surface area contributed by atoms with Crippen LogP contribution in [0.3, 0.4) is 0 Å². The standard InChI is InChI=1S/C17H33N3O6S/c1-8-9-14(21)19(5)13(11-26-27(7,24)25)16(23)20(6)12(15(18)22)10-17(2,3)4/h12-13H,8-11H2,1-7H3,(H2,18,22)/t12-,13?/m0/s1. The quantitative estimate of drug-likeness (QED) is 0.520. The maximum absolute atomic E-state index is 13.0. The summed E-state index contributed by atoms with van der Waals surface area (Å²) in [7, 11) is -0.998. The number of carbonyl (C=O) groups is 3. The SMILES string of the molecule is CCCC(=O)N(C)C(COS(C)(=O)=O)C(=O)N(C)[C@@H](CC(C)(C)C)C(N)=O. The van der Waals surface area contributed by atoms with E-state index >= 15 is 0 Å².